The van der Waals surface area contributed by atoms with E-state index in [1.54, 1.807) is 6.92 Å². The Hall–Kier alpha value is -3.48. The van der Waals surface area contributed by atoms with Crippen molar-refractivity contribution in [3.05, 3.63) is 71.4 Å². The first kappa shape index (κ1) is 22.2. The highest BCUT2D eigenvalue weighted by molar-refractivity contribution is 5.95. The smallest absolute Gasteiger partial charge is 0.338 e. The number of ether oxygens (including phenoxy) is 2. The van der Waals surface area contributed by atoms with Crippen LogP contribution < -0.4 is 20.3 Å². The molecule has 0 saturated heterocycles. The molecule has 164 valence electrons. The van der Waals surface area contributed by atoms with Crippen LogP contribution in [0.2, 0.25) is 0 Å². The molecule has 1 aliphatic rings. The zero-order chi connectivity index (χ0) is 22.2. The summed E-state index contributed by atoms with van der Waals surface area (Å²) in [5.74, 6) is 0.228. The van der Waals surface area contributed by atoms with E-state index in [0.29, 0.717) is 17.0 Å². The highest BCUT2D eigenvalue weighted by Crippen LogP contribution is 2.29. The zero-order valence-electron chi connectivity index (χ0n) is 18.2. The number of carbonyl (C=O) groups is 2. The average molecular weight is 424 g/mol. The van der Waals surface area contributed by atoms with Crippen molar-refractivity contribution in [2.75, 3.05) is 31.2 Å². The van der Waals surface area contributed by atoms with Gasteiger partial charge in [0.25, 0.3) is 0 Å². The van der Waals surface area contributed by atoms with Crippen LogP contribution in [0.25, 0.3) is 0 Å². The third-order valence-corrected chi connectivity index (χ3v) is 5.17. The van der Waals surface area contributed by atoms with Crippen LogP contribution in [0.3, 0.4) is 0 Å². The number of rotatable bonds is 9. The first-order valence-electron chi connectivity index (χ1n) is 10.5. The first-order valence-corrected chi connectivity index (χ1v) is 10.5. The van der Waals surface area contributed by atoms with Crippen molar-refractivity contribution < 1.29 is 19.1 Å². The summed E-state index contributed by atoms with van der Waals surface area (Å²) in [6, 6.07) is 16.3. The van der Waals surface area contributed by atoms with E-state index in [-0.39, 0.29) is 19.2 Å². The number of hydrogen-bond donors (Lipinski definition) is 2. The van der Waals surface area contributed by atoms with Gasteiger partial charge in [0.15, 0.2) is 0 Å². The number of benzene rings is 2. The van der Waals surface area contributed by atoms with Crippen molar-refractivity contribution in [3.63, 3.8) is 0 Å². The van der Waals surface area contributed by atoms with Crippen molar-refractivity contribution in [1.82, 2.24) is 10.6 Å². The van der Waals surface area contributed by atoms with Gasteiger partial charge < -0.3 is 25.0 Å². The number of nitrogens with one attached hydrogen (secondary N) is 2. The summed E-state index contributed by atoms with van der Waals surface area (Å²) in [6.45, 7) is 8.06. The zero-order valence-corrected chi connectivity index (χ0v) is 18.2. The molecule has 0 fully saturated rings. The molecule has 7 heteroatoms. The fourth-order valence-electron chi connectivity index (χ4n) is 3.57. The minimum absolute atomic E-state index is 0.103. The second-order valence-electron chi connectivity index (χ2n) is 7.13. The predicted octanol–water partition coefficient (Wildman–Crippen LogP) is 3.78. The van der Waals surface area contributed by atoms with E-state index in [1.165, 1.54) is 0 Å². The highest BCUT2D eigenvalue weighted by atomic mass is 16.6. The average Bonchev–Trinajstić information content (AvgIpc) is 2.78. The molecule has 1 aliphatic heterocycles. The fourth-order valence-corrected chi connectivity index (χ4v) is 3.57. The molecule has 1 atom stereocenters. The molecule has 31 heavy (non-hydrogen) atoms. The molecule has 2 N–H and O–H groups in total. The second-order valence-corrected chi connectivity index (χ2v) is 7.13. The van der Waals surface area contributed by atoms with Crippen LogP contribution in [0.15, 0.2) is 65.9 Å². The van der Waals surface area contributed by atoms with Gasteiger partial charge in [0.05, 0.1) is 11.6 Å². The van der Waals surface area contributed by atoms with Gasteiger partial charge in [-0.25, -0.2) is 9.59 Å². The largest absolute Gasteiger partial charge is 0.490 e. The van der Waals surface area contributed by atoms with Crippen LogP contribution >= 0.6 is 0 Å². The second kappa shape index (κ2) is 10.5. The lowest BCUT2D eigenvalue weighted by Gasteiger charge is -2.29. The van der Waals surface area contributed by atoms with E-state index in [0.717, 1.165) is 24.3 Å². The number of hydrogen-bond acceptors (Lipinski definition) is 5. The molecular formula is C24H29N3O4. The third kappa shape index (κ3) is 5.57. The minimum atomic E-state index is -0.581. The molecule has 0 radical (unpaired) electrons. The van der Waals surface area contributed by atoms with Crippen LogP contribution in [0.5, 0.6) is 5.75 Å². The van der Waals surface area contributed by atoms with Gasteiger partial charge >= 0.3 is 12.0 Å². The molecular weight excluding hydrogens is 394 g/mol. The molecule has 0 aromatic heterocycles. The fraction of sp³-hybridized carbons (Fsp3) is 0.333. The monoisotopic (exact) mass is 423 g/mol. The Morgan fingerprint density at radius 2 is 1.68 bits per heavy atom. The number of urea groups is 1. The quantitative estimate of drug-likeness (QED) is 0.474. The maximum Gasteiger partial charge on any atom is 0.338 e. The standard InChI is InChI=1S/C24H29N3O4/c1-4-27(5-2)19-13-11-18(12-14-19)22-21(17(3)25-24(29)26-22)23(28)31-16-15-30-20-9-7-6-8-10-20/h6-14,22H,4-5,15-16H2,1-3H3,(H2,25,26,29)/t22-/m0/s1. The van der Waals surface area contributed by atoms with Gasteiger partial charge in [0.1, 0.15) is 19.0 Å². The Morgan fingerprint density at radius 1 is 1.00 bits per heavy atom. The van der Waals surface area contributed by atoms with E-state index in [2.05, 4.69) is 29.4 Å². The molecule has 7 nitrogen and oxygen atoms in total. The number of nitrogens with zero attached hydrogens (tertiary/aromatic N) is 1. The molecule has 3 rings (SSSR count). The van der Waals surface area contributed by atoms with Crippen molar-refractivity contribution in [2.45, 2.75) is 26.8 Å². The number of para-hydroxylation sites is 1. The highest BCUT2D eigenvalue weighted by Gasteiger charge is 2.32. The summed E-state index contributed by atoms with van der Waals surface area (Å²) >= 11 is 0. The van der Waals surface area contributed by atoms with Gasteiger partial charge in [-0.2, -0.15) is 0 Å². The van der Waals surface area contributed by atoms with E-state index in [1.807, 2.05) is 54.6 Å². The Kier molecular flexibility index (Phi) is 7.54. The van der Waals surface area contributed by atoms with Crippen LogP contribution in [0.4, 0.5) is 10.5 Å². The number of anilines is 1. The summed E-state index contributed by atoms with van der Waals surface area (Å²) in [5.41, 5.74) is 2.78. The number of carbonyl (C=O) groups excluding carboxylic acids is 2. The SMILES string of the molecule is CCN(CC)c1ccc([C@@H]2NC(=O)NC(C)=C2C(=O)OCCOc2ccccc2)cc1. The molecule has 2 amide bonds. The number of amides is 2. The lowest BCUT2D eigenvalue weighted by Crippen LogP contribution is -2.45. The molecule has 0 unspecified atom stereocenters. The lowest BCUT2D eigenvalue weighted by molar-refractivity contribution is -0.140. The Morgan fingerprint density at radius 3 is 2.32 bits per heavy atom. The molecule has 2 aromatic rings. The van der Waals surface area contributed by atoms with Crippen LogP contribution in [0.1, 0.15) is 32.4 Å². The van der Waals surface area contributed by atoms with Gasteiger partial charge in [-0.3, -0.25) is 0 Å². The van der Waals surface area contributed by atoms with Crippen molar-refractivity contribution in [3.8, 4) is 5.75 Å². The maximum atomic E-state index is 12.8. The topological polar surface area (TPSA) is 79.9 Å². The predicted molar refractivity (Wildman–Crippen MR) is 120 cm³/mol. The molecule has 0 aliphatic carbocycles. The molecule has 0 bridgehead atoms. The summed E-state index contributed by atoms with van der Waals surface area (Å²) < 4.78 is 11.0. The van der Waals surface area contributed by atoms with Crippen LogP contribution in [-0.2, 0) is 9.53 Å². The summed E-state index contributed by atoms with van der Waals surface area (Å²) in [6.07, 6.45) is 0. The van der Waals surface area contributed by atoms with Gasteiger partial charge in [0.2, 0.25) is 0 Å². The Bertz CT molecular complexity index is 922. The summed E-state index contributed by atoms with van der Waals surface area (Å²) in [7, 11) is 0. The van der Waals surface area contributed by atoms with Crippen molar-refractivity contribution in [1.29, 1.82) is 0 Å². The third-order valence-electron chi connectivity index (χ3n) is 5.17. The lowest BCUT2D eigenvalue weighted by atomic mass is 9.95. The minimum Gasteiger partial charge on any atom is -0.490 e. The number of esters is 1. The van der Waals surface area contributed by atoms with Crippen LogP contribution in [0, 0.1) is 0 Å². The van der Waals surface area contributed by atoms with E-state index in [9.17, 15) is 9.59 Å². The normalized spacial score (nSPS) is 15.7. The van der Waals surface area contributed by atoms with E-state index < -0.39 is 12.0 Å². The molecule has 2 aromatic carbocycles. The maximum absolute atomic E-state index is 12.8. The van der Waals surface area contributed by atoms with Crippen LogP contribution in [-0.4, -0.2) is 38.3 Å². The number of allylic oxidation sites excluding steroid dienone is 1. The van der Waals surface area contributed by atoms with Gasteiger partial charge in [-0.05, 0) is 50.6 Å². The van der Waals surface area contributed by atoms with Gasteiger partial charge in [0, 0.05) is 24.5 Å². The van der Waals surface area contributed by atoms with Crippen molar-refractivity contribution >= 4 is 17.7 Å². The van der Waals surface area contributed by atoms with E-state index >= 15 is 0 Å². The Labute approximate surface area is 183 Å². The van der Waals surface area contributed by atoms with Crippen molar-refractivity contribution in [2.24, 2.45) is 0 Å². The van der Waals surface area contributed by atoms with Gasteiger partial charge in [-0.1, -0.05) is 30.3 Å². The summed E-state index contributed by atoms with van der Waals surface area (Å²) in [5, 5.41) is 5.50. The molecule has 0 spiro atoms. The summed E-state index contributed by atoms with van der Waals surface area (Å²) in [4.78, 5) is 27.1. The van der Waals surface area contributed by atoms with E-state index in [4.69, 9.17) is 9.47 Å². The molecule has 1 heterocycles. The van der Waals surface area contributed by atoms with Gasteiger partial charge in [-0.15, -0.1) is 0 Å². The first-order chi connectivity index (χ1) is 15.0. The molecule has 0 saturated carbocycles. The Balaban J connectivity index is 1.69.